The highest BCUT2D eigenvalue weighted by molar-refractivity contribution is 6.10. The van der Waals surface area contributed by atoms with Crippen LogP contribution >= 0.6 is 0 Å². The third-order valence-electron chi connectivity index (χ3n) is 3.13. The van der Waals surface area contributed by atoms with Gasteiger partial charge in [-0.25, -0.2) is 4.68 Å². The molecule has 0 aliphatic heterocycles. The first-order chi connectivity index (χ1) is 10.1. The van der Waals surface area contributed by atoms with Crippen molar-refractivity contribution in [3.8, 4) is 11.4 Å². The highest BCUT2D eigenvalue weighted by Crippen LogP contribution is 2.23. The number of aromatic hydroxyl groups is 1. The monoisotopic (exact) mass is 279 g/mol. The van der Waals surface area contributed by atoms with Crippen LogP contribution in [-0.4, -0.2) is 20.7 Å². The number of rotatable bonds is 3. The van der Waals surface area contributed by atoms with E-state index in [1.54, 1.807) is 16.9 Å². The van der Waals surface area contributed by atoms with E-state index in [1.165, 1.54) is 18.3 Å². The minimum absolute atomic E-state index is 0.0957. The first-order valence-corrected chi connectivity index (χ1v) is 6.38. The lowest BCUT2D eigenvalue weighted by Gasteiger charge is -2.03. The maximum absolute atomic E-state index is 12.4. The summed E-state index contributed by atoms with van der Waals surface area (Å²) in [5.41, 5.74) is 7.49. The van der Waals surface area contributed by atoms with E-state index in [4.69, 9.17) is 5.73 Å². The van der Waals surface area contributed by atoms with Gasteiger partial charge in [0.05, 0.1) is 23.0 Å². The molecule has 5 nitrogen and oxygen atoms in total. The number of ketones is 1. The summed E-state index contributed by atoms with van der Waals surface area (Å²) in [6, 6.07) is 13.9. The van der Waals surface area contributed by atoms with Crippen molar-refractivity contribution in [3.05, 3.63) is 72.1 Å². The molecule has 0 saturated carbocycles. The lowest BCUT2D eigenvalue weighted by atomic mass is 10.0. The second kappa shape index (κ2) is 5.13. The Labute approximate surface area is 121 Å². The fraction of sp³-hybridized carbons (Fsp3) is 0. The van der Waals surface area contributed by atoms with Crippen molar-refractivity contribution in [1.82, 2.24) is 9.78 Å². The summed E-state index contributed by atoms with van der Waals surface area (Å²) in [5.74, 6) is -0.413. The summed E-state index contributed by atoms with van der Waals surface area (Å²) < 4.78 is 1.61. The topological polar surface area (TPSA) is 81.1 Å². The number of aromatic nitrogens is 2. The van der Waals surface area contributed by atoms with Gasteiger partial charge in [-0.05, 0) is 30.3 Å². The minimum Gasteiger partial charge on any atom is -0.507 e. The molecule has 1 heterocycles. The van der Waals surface area contributed by atoms with E-state index in [0.717, 1.165) is 5.69 Å². The molecule has 0 saturated heterocycles. The highest BCUT2D eigenvalue weighted by atomic mass is 16.3. The van der Waals surface area contributed by atoms with Gasteiger partial charge in [0.1, 0.15) is 5.75 Å². The summed E-state index contributed by atoms with van der Waals surface area (Å²) >= 11 is 0. The van der Waals surface area contributed by atoms with Crippen LogP contribution in [0.1, 0.15) is 15.9 Å². The van der Waals surface area contributed by atoms with Crippen LogP contribution in [0.3, 0.4) is 0 Å². The molecule has 1 aromatic heterocycles. The summed E-state index contributed by atoms with van der Waals surface area (Å²) in [4.78, 5) is 12.4. The number of nitrogen functional groups attached to an aromatic ring is 1. The molecule has 0 amide bonds. The van der Waals surface area contributed by atoms with Crippen LogP contribution < -0.4 is 5.73 Å². The molecule has 3 N–H and O–H groups in total. The predicted molar refractivity (Wildman–Crippen MR) is 79.5 cm³/mol. The largest absolute Gasteiger partial charge is 0.507 e. The van der Waals surface area contributed by atoms with Crippen LogP contribution in [0.2, 0.25) is 0 Å². The highest BCUT2D eigenvalue weighted by Gasteiger charge is 2.16. The maximum atomic E-state index is 12.4. The van der Waals surface area contributed by atoms with Crippen LogP contribution in [0.5, 0.6) is 5.75 Å². The summed E-state index contributed by atoms with van der Waals surface area (Å²) in [5, 5.41) is 14.0. The molecule has 3 rings (SSSR count). The molecular weight excluding hydrogens is 266 g/mol. The number of hydrogen-bond donors (Lipinski definition) is 2. The molecule has 104 valence electrons. The minimum atomic E-state index is -0.318. The molecule has 0 atom stereocenters. The smallest absolute Gasteiger partial charge is 0.199 e. The predicted octanol–water partition coefficient (Wildman–Crippen LogP) is 2.39. The number of nitrogens with two attached hydrogens (primary N) is 1. The van der Waals surface area contributed by atoms with Crippen molar-refractivity contribution in [1.29, 1.82) is 0 Å². The molecule has 0 bridgehead atoms. The third kappa shape index (κ3) is 2.49. The Bertz CT molecular complexity index is 794. The van der Waals surface area contributed by atoms with Gasteiger partial charge in [0.15, 0.2) is 5.78 Å². The van der Waals surface area contributed by atoms with Gasteiger partial charge in [-0.1, -0.05) is 18.2 Å². The summed E-state index contributed by atoms with van der Waals surface area (Å²) in [6.45, 7) is 0. The van der Waals surface area contributed by atoms with Crippen molar-refractivity contribution in [3.63, 3.8) is 0 Å². The number of para-hydroxylation sites is 1. The molecule has 2 aromatic carbocycles. The molecule has 0 unspecified atom stereocenters. The molecule has 21 heavy (non-hydrogen) atoms. The number of nitrogens with zero attached hydrogens (tertiary/aromatic N) is 2. The molecule has 0 radical (unpaired) electrons. The molecular formula is C16H13N3O2. The zero-order valence-corrected chi connectivity index (χ0v) is 11.1. The lowest BCUT2D eigenvalue weighted by molar-refractivity contribution is 0.103. The van der Waals surface area contributed by atoms with Crippen LogP contribution in [0.25, 0.3) is 5.69 Å². The first kappa shape index (κ1) is 12.9. The lowest BCUT2D eigenvalue weighted by Crippen LogP contribution is -2.02. The van der Waals surface area contributed by atoms with Crippen molar-refractivity contribution in [2.45, 2.75) is 0 Å². The van der Waals surface area contributed by atoms with Gasteiger partial charge in [0.25, 0.3) is 0 Å². The van der Waals surface area contributed by atoms with Crippen molar-refractivity contribution >= 4 is 11.5 Å². The number of phenols is 1. The van der Waals surface area contributed by atoms with Gasteiger partial charge in [-0.3, -0.25) is 4.79 Å². The van der Waals surface area contributed by atoms with Gasteiger partial charge in [-0.2, -0.15) is 5.10 Å². The standard InChI is InChI=1S/C16H13N3O2/c17-12-6-7-15(20)14(8-12)16(21)11-9-18-19(10-11)13-4-2-1-3-5-13/h1-10,20H,17H2. The van der Waals surface area contributed by atoms with Crippen LogP contribution in [-0.2, 0) is 0 Å². The van der Waals surface area contributed by atoms with Crippen LogP contribution in [0, 0.1) is 0 Å². The van der Waals surface area contributed by atoms with E-state index in [-0.39, 0.29) is 17.1 Å². The van der Waals surface area contributed by atoms with E-state index in [9.17, 15) is 9.90 Å². The number of benzene rings is 2. The van der Waals surface area contributed by atoms with Crippen LogP contribution in [0.4, 0.5) is 5.69 Å². The second-order valence-electron chi connectivity index (χ2n) is 4.61. The quantitative estimate of drug-likeness (QED) is 0.438. The van der Waals surface area contributed by atoms with Gasteiger partial charge >= 0.3 is 0 Å². The van der Waals surface area contributed by atoms with Gasteiger partial charge in [0, 0.05) is 11.9 Å². The normalized spacial score (nSPS) is 10.5. The Hall–Kier alpha value is -3.08. The molecule has 0 fully saturated rings. The average Bonchev–Trinajstić information content (AvgIpc) is 3.00. The molecule has 0 aliphatic rings. The SMILES string of the molecule is Nc1ccc(O)c(C(=O)c2cnn(-c3ccccc3)c2)c1. The van der Waals surface area contributed by atoms with Crippen molar-refractivity contribution in [2.75, 3.05) is 5.73 Å². The van der Waals surface area contributed by atoms with Crippen molar-refractivity contribution < 1.29 is 9.90 Å². The number of phenolic OH excluding ortho intramolecular Hbond substituents is 1. The first-order valence-electron chi connectivity index (χ1n) is 6.38. The van der Waals surface area contributed by atoms with Crippen molar-refractivity contribution in [2.24, 2.45) is 0 Å². The number of hydrogen-bond acceptors (Lipinski definition) is 4. The maximum Gasteiger partial charge on any atom is 0.199 e. The van der Waals surface area contributed by atoms with Gasteiger partial charge in [-0.15, -0.1) is 0 Å². The third-order valence-corrected chi connectivity index (χ3v) is 3.13. The zero-order chi connectivity index (χ0) is 14.8. The Morgan fingerprint density at radius 1 is 1.14 bits per heavy atom. The van der Waals surface area contributed by atoms with Crippen LogP contribution in [0.15, 0.2) is 60.9 Å². The summed E-state index contributed by atoms with van der Waals surface area (Å²) in [7, 11) is 0. The van der Waals surface area contributed by atoms with E-state index in [1.807, 2.05) is 30.3 Å². The molecule has 0 spiro atoms. The van der Waals surface area contributed by atoms with E-state index in [0.29, 0.717) is 11.3 Å². The molecule has 3 aromatic rings. The average molecular weight is 279 g/mol. The van der Waals surface area contributed by atoms with Gasteiger partial charge < -0.3 is 10.8 Å². The van der Waals surface area contributed by atoms with E-state index >= 15 is 0 Å². The molecule has 5 heteroatoms. The Kier molecular flexibility index (Phi) is 3.16. The Balaban J connectivity index is 1.96. The number of carbonyl (C=O) groups excluding carboxylic acids is 1. The van der Waals surface area contributed by atoms with E-state index < -0.39 is 0 Å². The van der Waals surface area contributed by atoms with E-state index in [2.05, 4.69) is 5.10 Å². The summed E-state index contributed by atoms with van der Waals surface area (Å²) in [6.07, 6.45) is 3.10. The van der Waals surface area contributed by atoms with Gasteiger partial charge in [0.2, 0.25) is 0 Å². The second-order valence-corrected chi connectivity index (χ2v) is 4.61. The Morgan fingerprint density at radius 2 is 1.90 bits per heavy atom. The fourth-order valence-corrected chi connectivity index (χ4v) is 2.05. The fourth-order valence-electron chi connectivity index (χ4n) is 2.05. The number of anilines is 1. The zero-order valence-electron chi connectivity index (χ0n) is 11.1. The number of carbonyl (C=O) groups is 1. The Morgan fingerprint density at radius 3 is 2.67 bits per heavy atom. The molecule has 0 aliphatic carbocycles.